The fourth-order valence-corrected chi connectivity index (χ4v) is 1.13. The Hall–Kier alpha value is -1.24. The van der Waals surface area contributed by atoms with Gasteiger partial charge in [0.1, 0.15) is 11.4 Å². The molecule has 2 nitrogen and oxygen atoms in total. The number of carbonyl (C=O) groups is 1. The standard InChI is InChI=1S/C8H3ClF5NO/c9-6(16)3-1-2-4(8(12,13)14)15-5(3)7(10)11/h1-2,7H. The molecule has 0 unspecified atom stereocenters. The van der Waals surface area contributed by atoms with Gasteiger partial charge in [0, 0.05) is 0 Å². The summed E-state index contributed by atoms with van der Waals surface area (Å²) in [6.07, 6.45) is -8.16. The molecule has 0 aliphatic carbocycles. The average Bonchev–Trinajstić information content (AvgIpc) is 2.15. The molecule has 0 saturated heterocycles. The second kappa shape index (κ2) is 4.32. The Balaban J connectivity index is 3.34. The predicted molar refractivity (Wildman–Crippen MR) is 44.4 cm³/mol. The van der Waals surface area contributed by atoms with Gasteiger partial charge in [-0.15, -0.1) is 0 Å². The zero-order valence-electron chi connectivity index (χ0n) is 7.36. The van der Waals surface area contributed by atoms with Crippen LogP contribution in [0.15, 0.2) is 12.1 Å². The van der Waals surface area contributed by atoms with E-state index in [1.165, 1.54) is 0 Å². The summed E-state index contributed by atoms with van der Waals surface area (Å²) in [7, 11) is 0. The van der Waals surface area contributed by atoms with E-state index in [1.54, 1.807) is 0 Å². The molecule has 88 valence electrons. The number of alkyl halides is 5. The lowest BCUT2D eigenvalue weighted by atomic mass is 10.2. The molecule has 0 radical (unpaired) electrons. The van der Waals surface area contributed by atoms with Crippen molar-refractivity contribution in [3.8, 4) is 0 Å². The molecular formula is C8H3ClF5NO. The summed E-state index contributed by atoms with van der Waals surface area (Å²) in [5.41, 5.74) is -3.50. The van der Waals surface area contributed by atoms with Crippen LogP contribution in [0.25, 0.3) is 0 Å². The van der Waals surface area contributed by atoms with Crippen LogP contribution in [0.5, 0.6) is 0 Å². The van der Waals surface area contributed by atoms with E-state index in [9.17, 15) is 26.7 Å². The van der Waals surface area contributed by atoms with E-state index < -0.39 is 34.8 Å². The summed E-state index contributed by atoms with van der Waals surface area (Å²) in [5, 5.41) is -1.28. The molecule has 1 aromatic rings. The van der Waals surface area contributed by atoms with Gasteiger partial charge >= 0.3 is 6.18 Å². The zero-order valence-corrected chi connectivity index (χ0v) is 8.11. The van der Waals surface area contributed by atoms with E-state index in [-0.39, 0.29) is 0 Å². The largest absolute Gasteiger partial charge is 0.433 e. The van der Waals surface area contributed by atoms with Gasteiger partial charge in [0.05, 0.1) is 5.56 Å². The summed E-state index contributed by atoms with van der Waals surface area (Å²) in [5.74, 6) is 0. The van der Waals surface area contributed by atoms with Gasteiger partial charge in [0.25, 0.3) is 11.7 Å². The summed E-state index contributed by atoms with van der Waals surface area (Å²) in [6, 6.07) is 0.994. The first-order valence-electron chi connectivity index (χ1n) is 3.79. The molecule has 0 bridgehead atoms. The van der Waals surface area contributed by atoms with E-state index in [1.807, 2.05) is 0 Å². The number of nitrogens with zero attached hydrogens (tertiary/aromatic N) is 1. The van der Waals surface area contributed by atoms with Gasteiger partial charge in [0.15, 0.2) is 0 Å². The lowest BCUT2D eigenvalue weighted by molar-refractivity contribution is -0.141. The number of carbonyl (C=O) groups excluding carboxylic acids is 1. The van der Waals surface area contributed by atoms with Crippen LogP contribution in [0.3, 0.4) is 0 Å². The summed E-state index contributed by atoms with van der Waals surface area (Å²) >= 11 is 4.93. The number of rotatable bonds is 2. The first-order chi connectivity index (χ1) is 7.23. The fraction of sp³-hybridized carbons (Fsp3) is 0.250. The second-order valence-corrected chi connectivity index (χ2v) is 3.04. The molecule has 0 atom stereocenters. The number of hydrogen-bond donors (Lipinski definition) is 0. The van der Waals surface area contributed by atoms with E-state index in [0.29, 0.717) is 12.1 Å². The Bertz CT molecular complexity index is 417. The van der Waals surface area contributed by atoms with Crippen LogP contribution in [-0.2, 0) is 6.18 Å². The van der Waals surface area contributed by atoms with Crippen molar-refractivity contribution >= 4 is 16.8 Å². The SMILES string of the molecule is O=C(Cl)c1ccc(C(F)(F)F)nc1C(F)F. The van der Waals surface area contributed by atoms with E-state index >= 15 is 0 Å². The van der Waals surface area contributed by atoms with Crippen molar-refractivity contribution in [3.05, 3.63) is 29.1 Å². The minimum atomic E-state index is -4.85. The van der Waals surface area contributed by atoms with Gasteiger partial charge in [-0.05, 0) is 23.7 Å². The van der Waals surface area contributed by atoms with E-state index in [0.717, 1.165) is 0 Å². The van der Waals surface area contributed by atoms with Gasteiger partial charge in [0.2, 0.25) is 0 Å². The first-order valence-corrected chi connectivity index (χ1v) is 4.17. The molecule has 1 aromatic heterocycles. The molecular weight excluding hydrogens is 257 g/mol. The van der Waals surface area contributed by atoms with Crippen molar-refractivity contribution in [1.82, 2.24) is 4.98 Å². The van der Waals surface area contributed by atoms with Crippen molar-refractivity contribution in [2.24, 2.45) is 0 Å². The molecule has 0 fully saturated rings. The molecule has 1 heterocycles. The predicted octanol–water partition coefficient (Wildman–Crippen LogP) is 3.42. The third-order valence-corrected chi connectivity index (χ3v) is 1.84. The summed E-state index contributed by atoms with van der Waals surface area (Å²) < 4.78 is 61.0. The zero-order chi connectivity index (χ0) is 12.5. The Morgan fingerprint density at radius 3 is 2.25 bits per heavy atom. The van der Waals surface area contributed by atoms with Crippen molar-refractivity contribution in [1.29, 1.82) is 0 Å². The molecule has 0 N–H and O–H groups in total. The molecule has 0 amide bonds. The Kier molecular flexibility index (Phi) is 3.47. The quantitative estimate of drug-likeness (QED) is 0.602. The number of aromatic nitrogens is 1. The van der Waals surface area contributed by atoms with Gasteiger partial charge in [-0.2, -0.15) is 13.2 Å². The van der Waals surface area contributed by atoms with Crippen LogP contribution in [-0.4, -0.2) is 10.2 Å². The van der Waals surface area contributed by atoms with Gasteiger partial charge in [-0.1, -0.05) is 0 Å². The highest BCUT2D eigenvalue weighted by Gasteiger charge is 2.34. The van der Waals surface area contributed by atoms with Crippen LogP contribution < -0.4 is 0 Å². The van der Waals surface area contributed by atoms with E-state index in [4.69, 9.17) is 11.6 Å². The average molecular weight is 260 g/mol. The Morgan fingerprint density at radius 2 is 1.88 bits per heavy atom. The maximum Gasteiger partial charge on any atom is 0.433 e. The second-order valence-electron chi connectivity index (χ2n) is 2.70. The maximum absolute atomic E-state index is 12.3. The normalized spacial score (nSPS) is 11.9. The van der Waals surface area contributed by atoms with Gasteiger partial charge < -0.3 is 0 Å². The molecule has 0 saturated carbocycles. The Labute approximate surface area is 91.0 Å². The van der Waals surface area contributed by atoms with Crippen LogP contribution >= 0.6 is 11.6 Å². The lowest BCUT2D eigenvalue weighted by Gasteiger charge is -2.09. The molecule has 0 aromatic carbocycles. The van der Waals surface area contributed by atoms with Crippen LogP contribution in [0.2, 0.25) is 0 Å². The topological polar surface area (TPSA) is 30.0 Å². The van der Waals surface area contributed by atoms with Crippen LogP contribution in [0.1, 0.15) is 28.2 Å². The summed E-state index contributed by atoms with van der Waals surface area (Å²) in [6.45, 7) is 0. The molecule has 8 heteroatoms. The molecule has 0 spiro atoms. The fourth-order valence-electron chi connectivity index (χ4n) is 0.965. The number of halogens is 6. The first kappa shape index (κ1) is 12.8. The monoisotopic (exact) mass is 259 g/mol. The van der Waals surface area contributed by atoms with Gasteiger partial charge in [-0.3, -0.25) is 4.79 Å². The highest BCUT2D eigenvalue weighted by atomic mass is 35.5. The highest BCUT2D eigenvalue weighted by molar-refractivity contribution is 6.67. The smallest absolute Gasteiger partial charge is 0.276 e. The molecule has 1 rings (SSSR count). The number of hydrogen-bond acceptors (Lipinski definition) is 2. The summed E-state index contributed by atoms with van der Waals surface area (Å²) in [4.78, 5) is 13.3. The van der Waals surface area contributed by atoms with Crippen LogP contribution in [0.4, 0.5) is 22.0 Å². The van der Waals surface area contributed by atoms with Crippen molar-refractivity contribution in [3.63, 3.8) is 0 Å². The number of pyridine rings is 1. The minimum absolute atomic E-state index is 0.418. The highest BCUT2D eigenvalue weighted by Crippen LogP contribution is 2.31. The minimum Gasteiger partial charge on any atom is -0.276 e. The van der Waals surface area contributed by atoms with Crippen LogP contribution in [0, 0.1) is 0 Å². The van der Waals surface area contributed by atoms with E-state index in [2.05, 4.69) is 4.98 Å². The molecule has 0 aliphatic rings. The van der Waals surface area contributed by atoms with Crippen molar-refractivity contribution < 1.29 is 26.7 Å². The Morgan fingerprint density at radius 1 is 1.31 bits per heavy atom. The maximum atomic E-state index is 12.3. The molecule has 0 aliphatic heterocycles. The third-order valence-electron chi connectivity index (χ3n) is 1.63. The molecule has 16 heavy (non-hydrogen) atoms. The lowest BCUT2D eigenvalue weighted by Crippen LogP contribution is -2.12. The van der Waals surface area contributed by atoms with Gasteiger partial charge in [-0.25, -0.2) is 13.8 Å². The van der Waals surface area contributed by atoms with Crippen molar-refractivity contribution in [2.75, 3.05) is 0 Å². The van der Waals surface area contributed by atoms with Crippen molar-refractivity contribution in [2.45, 2.75) is 12.6 Å². The third kappa shape index (κ3) is 2.66.